The van der Waals surface area contributed by atoms with E-state index in [0.717, 1.165) is 38.4 Å². The minimum atomic E-state index is -0.00139. The number of hydrogen-bond donors (Lipinski definition) is 3. The summed E-state index contributed by atoms with van der Waals surface area (Å²) in [6, 6.07) is 0.683. The first-order chi connectivity index (χ1) is 5.84. The predicted molar refractivity (Wildman–Crippen MR) is 48.0 cm³/mol. The zero-order chi connectivity index (χ0) is 8.39. The molecule has 2 aliphatic rings. The van der Waals surface area contributed by atoms with Gasteiger partial charge in [-0.15, -0.1) is 0 Å². The Bertz CT molecular complexity index is 139. The highest BCUT2D eigenvalue weighted by Gasteiger charge is 2.27. The van der Waals surface area contributed by atoms with Crippen LogP contribution in [0, 0.1) is 5.92 Å². The van der Waals surface area contributed by atoms with Gasteiger partial charge in [-0.05, 0) is 38.3 Å². The summed E-state index contributed by atoms with van der Waals surface area (Å²) in [6.07, 6.45) is 3.27. The maximum Gasteiger partial charge on any atom is 0.0546 e. The molecule has 3 nitrogen and oxygen atoms in total. The van der Waals surface area contributed by atoms with E-state index >= 15 is 0 Å². The Morgan fingerprint density at radius 1 is 1.42 bits per heavy atom. The number of aliphatic hydroxyl groups excluding tert-OH is 1. The van der Waals surface area contributed by atoms with Crippen molar-refractivity contribution >= 4 is 0 Å². The Labute approximate surface area is 73.5 Å². The summed E-state index contributed by atoms with van der Waals surface area (Å²) >= 11 is 0. The van der Waals surface area contributed by atoms with Crippen molar-refractivity contribution in [1.82, 2.24) is 10.6 Å². The Morgan fingerprint density at radius 3 is 2.83 bits per heavy atom. The molecule has 2 fully saturated rings. The van der Waals surface area contributed by atoms with E-state index in [0.29, 0.717) is 6.04 Å². The lowest BCUT2D eigenvalue weighted by molar-refractivity contribution is 0.0421. The van der Waals surface area contributed by atoms with Gasteiger partial charge < -0.3 is 15.7 Å². The van der Waals surface area contributed by atoms with Crippen molar-refractivity contribution in [2.24, 2.45) is 5.92 Å². The molecular weight excluding hydrogens is 152 g/mol. The predicted octanol–water partition coefficient (Wildman–Crippen LogP) is -0.291. The second-order valence-corrected chi connectivity index (χ2v) is 4.09. The molecule has 0 aromatic carbocycles. The van der Waals surface area contributed by atoms with Crippen molar-refractivity contribution in [3.05, 3.63) is 0 Å². The van der Waals surface area contributed by atoms with Crippen LogP contribution in [0.4, 0.5) is 0 Å². The molecule has 3 heteroatoms. The summed E-state index contributed by atoms with van der Waals surface area (Å²) in [6.45, 7) is 3.38. The Balaban J connectivity index is 1.56. The van der Waals surface area contributed by atoms with E-state index in [1.54, 1.807) is 0 Å². The molecule has 0 bridgehead atoms. The van der Waals surface area contributed by atoms with Crippen LogP contribution in [-0.2, 0) is 0 Å². The van der Waals surface area contributed by atoms with Crippen LogP contribution in [0.15, 0.2) is 0 Å². The fraction of sp³-hybridized carbons (Fsp3) is 1.00. The van der Waals surface area contributed by atoms with Gasteiger partial charge in [0, 0.05) is 12.6 Å². The molecule has 3 N–H and O–H groups in total. The summed E-state index contributed by atoms with van der Waals surface area (Å²) in [5.41, 5.74) is 0. The van der Waals surface area contributed by atoms with Gasteiger partial charge in [0.15, 0.2) is 0 Å². The molecular formula is C9H18N2O. The molecule has 12 heavy (non-hydrogen) atoms. The highest BCUT2D eigenvalue weighted by Crippen LogP contribution is 2.26. The molecule has 0 aromatic heterocycles. The van der Waals surface area contributed by atoms with Crippen LogP contribution in [0.1, 0.15) is 19.3 Å². The molecule has 0 spiro atoms. The summed E-state index contributed by atoms with van der Waals surface area (Å²) in [4.78, 5) is 0. The van der Waals surface area contributed by atoms with Crippen molar-refractivity contribution in [1.29, 1.82) is 0 Å². The van der Waals surface area contributed by atoms with Crippen molar-refractivity contribution in [3.63, 3.8) is 0 Å². The maximum absolute atomic E-state index is 9.07. The minimum Gasteiger partial charge on any atom is -0.393 e. The molecule has 0 amide bonds. The van der Waals surface area contributed by atoms with Crippen molar-refractivity contribution in [2.45, 2.75) is 31.4 Å². The van der Waals surface area contributed by atoms with Gasteiger partial charge >= 0.3 is 0 Å². The second kappa shape index (κ2) is 3.73. The quantitative estimate of drug-likeness (QED) is 0.545. The van der Waals surface area contributed by atoms with Gasteiger partial charge in [-0.25, -0.2) is 0 Å². The molecule has 0 aromatic rings. The molecule has 0 radical (unpaired) electrons. The van der Waals surface area contributed by atoms with Crippen LogP contribution in [-0.4, -0.2) is 36.9 Å². The van der Waals surface area contributed by atoms with Gasteiger partial charge in [0.1, 0.15) is 0 Å². The first-order valence-corrected chi connectivity index (χ1v) is 4.97. The Morgan fingerprint density at radius 2 is 2.25 bits per heavy atom. The first-order valence-electron chi connectivity index (χ1n) is 4.97. The maximum atomic E-state index is 9.07. The minimum absolute atomic E-state index is 0.00139. The Hall–Kier alpha value is -0.120. The summed E-state index contributed by atoms with van der Waals surface area (Å²) < 4.78 is 0. The van der Waals surface area contributed by atoms with E-state index in [-0.39, 0.29) is 6.10 Å². The van der Waals surface area contributed by atoms with Gasteiger partial charge in [0.25, 0.3) is 0 Å². The first kappa shape index (κ1) is 8.48. The standard InChI is InChI=1S/C9H18N2O/c12-9-3-7(4-9)5-11-8-1-2-10-6-8/h7-12H,1-6H2. The van der Waals surface area contributed by atoms with Crippen LogP contribution in [0.2, 0.25) is 0 Å². The molecule has 1 aliphatic carbocycles. The van der Waals surface area contributed by atoms with Crippen LogP contribution in [0.25, 0.3) is 0 Å². The van der Waals surface area contributed by atoms with Gasteiger partial charge in [-0.2, -0.15) is 0 Å². The topological polar surface area (TPSA) is 44.3 Å². The highest BCUT2D eigenvalue weighted by atomic mass is 16.3. The monoisotopic (exact) mass is 170 g/mol. The lowest BCUT2D eigenvalue weighted by Gasteiger charge is -2.32. The third-order valence-electron chi connectivity index (χ3n) is 2.97. The molecule has 1 heterocycles. The average molecular weight is 170 g/mol. The largest absolute Gasteiger partial charge is 0.393 e. The van der Waals surface area contributed by atoms with Gasteiger partial charge in [-0.1, -0.05) is 0 Å². The molecule has 1 saturated heterocycles. The SMILES string of the molecule is OC1CC(CNC2CCNC2)C1. The molecule has 1 aliphatic heterocycles. The Kier molecular flexibility index (Phi) is 2.63. The lowest BCUT2D eigenvalue weighted by Crippen LogP contribution is -2.40. The number of aliphatic hydroxyl groups is 1. The van der Waals surface area contributed by atoms with E-state index in [2.05, 4.69) is 10.6 Å². The summed E-state index contributed by atoms with van der Waals surface area (Å²) in [5.74, 6) is 0.737. The molecule has 2 rings (SSSR count). The summed E-state index contributed by atoms with van der Waals surface area (Å²) in [5, 5.41) is 15.9. The van der Waals surface area contributed by atoms with Crippen LogP contribution < -0.4 is 10.6 Å². The van der Waals surface area contributed by atoms with Gasteiger partial charge in [0.05, 0.1) is 6.10 Å². The highest BCUT2D eigenvalue weighted by molar-refractivity contribution is 4.83. The molecule has 1 saturated carbocycles. The number of nitrogens with one attached hydrogen (secondary N) is 2. The van der Waals surface area contributed by atoms with Gasteiger partial charge in [0.2, 0.25) is 0 Å². The fourth-order valence-electron chi connectivity index (χ4n) is 2.03. The van der Waals surface area contributed by atoms with E-state index in [1.807, 2.05) is 0 Å². The zero-order valence-electron chi connectivity index (χ0n) is 7.42. The smallest absolute Gasteiger partial charge is 0.0546 e. The average Bonchev–Trinajstić information content (AvgIpc) is 2.47. The fourth-order valence-corrected chi connectivity index (χ4v) is 2.03. The second-order valence-electron chi connectivity index (χ2n) is 4.09. The third kappa shape index (κ3) is 1.97. The normalized spacial score (nSPS) is 41.2. The van der Waals surface area contributed by atoms with E-state index in [4.69, 9.17) is 5.11 Å². The van der Waals surface area contributed by atoms with Crippen molar-refractivity contribution in [2.75, 3.05) is 19.6 Å². The number of hydrogen-bond acceptors (Lipinski definition) is 3. The van der Waals surface area contributed by atoms with Crippen LogP contribution in [0.3, 0.4) is 0 Å². The molecule has 1 unspecified atom stereocenters. The molecule has 70 valence electrons. The summed E-state index contributed by atoms with van der Waals surface area (Å²) in [7, 11) is 0. The van der Waals surface area contributed by atoms with Crippen molar-refractivity contribution < 1.29 is 5.11 Å². The zero-order valence-corrected chi connectivity index (χ0v) is 7.42. The van der Waals surface area contributed by atoms with E-state index in [1.165, 1.54) is 6.42 Å². The molecule has 1 atom stereocenters. The lowest BCUT2D eigenvalue weighted by atomic mass is 9.82. The van der Waals surface area contributed by atoms with Crippen LogP contribution in [0.5, 0.6) is 0 Å². The van der Waals surface area contributed by atoms with E-state index < -0.39 is 0 Å². The number of rotatable bonds is 3. The van der Waals surface area contributed by atoms with Crippen molar-refractivity contribution in [3.8, 4) is 0 Å². The third-order valence-corrected chi connectivity index (χ3v) is 2.97. The van der Waals surface area contributed by atoms with E-state index in [9.17, 15) is 0 Å². The van der Waals surface area contributed by atoms with Crippen LogP contribution >= 0.6 is 0 Å². The van der Waals surface area contributed by atoms with Gasteiger partial charge in [-0.3, -0.25) is 0 Å².